The third kappa shape index (κ3) is 5.96. The van der Waals surface area contributed by atoms with Crippen molar-refractivity contribution in [3.63, 3.8) is 0 Å². The molecule has 1 aliphatic heterocycles. The van der Waals surface area contributed by atoms with Crippen LogP contribution in [-0.4, -0.2) is 37.1 Å². The number of hydrogen-bond donors (Lipinski definition) is 2. The maximum Gasteiger partial charge on any atom is 0.315 e. The molecule has 1 aliphatic rings. The van der Waals surface area contributed by atoms with Crippen LogP contribution in [0.5, 0.6) is 0 Å². The second-order valence-corrected chi connectivity index (χ2v) is 9.05. The Morgan fingerprint density at radius 3 is 2.14 bits per heavy atom. The predicted molar refractivity (Wildman–Crippen MR) is 143 cm³/mol. The summed E-state index contributed by atoms with van der Waals surface area (Å²) in [6.07, 6.45) is 1.63. The summed E-state index contributed by atoms with van der Waals surface area (Å²) < 4.78 is 5.60. The smallest absolute Gasteiger partial charge is 0.315 e. The number of carbonyl (C=O) groups is 1. The predicted octanol–water partition coefficient (Wildman–Crippen LogP) is 5.19. The highest BCUT2D eigenvalue weighted by Crippen LogP contribution is 2.22. The fraction of sp³-hybridized carbons (Fsp3) is 0.233. The summed E-state index contributed by atoms with van der Waals surface area (Å²) in [6, 6.07) is 31.9. The van der Waals surface area contributed by atoms with Crippen molar-refractivity contribution in [1.82, 2.24) is 15.5 Å². The lowest BCUT2D eigenvalue weighted by molar-refractivity contribution is 0.236. The number of nitrogens with one attached hydrogen (secondary N) is 2. The zero-order chi connectivity index (χ0) is 24.6. The zero-order valence-corrected chi connectivity index (χ0v) is 20.3. The summed E-state index contributed by atoms with van der Waals surface area (Å²) in [6.45, 7) is 5.39. The van der Waals surface area contributed by atoms with Gasteiger partial charge in [-0.05, 0) is 41.0 Å². The van der Waals surface area contributed by atoms with Crippen molar-refractivity contribution in [3.8, 4) is 0 Å². The van der Waals surface area contributed by atoms with E-state index in [0.29, 0.717) is 12.3 Å². The van der Waals surface area contributed by atoms with Crippen molar-refractivity contribution in [3.05, 3.63) is 126 Å². The molecule has 0 bridgehead atoms. The molecule has 0 radical (unpaired) electrons. The van der Waals surface area contributed by atoms with E-state index in [4.69, 9.17) is 4.42 Å². The van der Waals surface area contributed by atoms with Gasteiger partial charge in [0.1, 0.15) is 11.8 Å². The summed E-state index contributed by atoms with van der Waals surface area (Å²) in [4.78, 5) is 17.8. The monoisotopic (exact) mass is 480 g/mol. The second kappa shape index (κ2) is 11.6. The van der Waals surface area contributed by atoms with Crippen molar-refractivity contribution in [2.75, 3.05) is 31.1 Å². The van der Waals surface area contributed by atoms with Crippen LogP contribution < -0.4 is 15.5 Å². The molecule has 0 spiro atoms. The summed E-state index contributed by atoms with van der Waals surface area (Å²) in [5.41, 5.74) is 4.64. The van der Waals surface area contributed by atoms with Crippen molar-refractivity contribution in [2.45, 2.75) is 19.1 Å². The van der Waals surface area contributed by atoms with Crippen LogP contribution in [0, 0.1) is 0 Å². The van der Waals surface area contributed by atoms with E-state index in [1.807, 2.05) is 48.5 Å². The maximum atomic E-state index is 12.9. The van der Waals surface area contributed by atoms with Gasteiger partial charge in [-0.3, -0.25) is 4.90 Å². The summed E-state index contributed by atoms with van der Waals surface area (Å²) >= 11 is 0. The molecule has 6 nitrogen and oxygen atoms in total. The first-order valence-electron chi connectivity index (χ1n) is 12.5. The highest BCUT2D eigenvalue weighted by atomic mass is 16.3. The molecule has 1 unspecified atom stereocenters. The summed E-state index contributed by atoms with van der Waals surface area (Å²) in [5.74, 6) is 0.700. The Hall–Kier alpha value is -4.03. The molecule has 1 aromatic heterocycles. The van der Waals surface area contributed by atoms with Crippen molar-refractivity contribution in [1.29, 1.82) is 0 Å². The number of hydrogen-bond acceptors (Lipinski definition) is 4. The molecule has 2 heterocycles. The average Bonchev–Trinajstić information content (AvgIpc) is 3.47. The Bertz CT molecular complexity index is 1220. The Morgan fingerprint density at radius 2 is 1.44 bits per heavy atom. The van der Waals surface area contributed by atoms with Crippen molar-refractivity contribution in [2.24, 2.45) is 0 Å². The number of rotatable bonds is 8. The quantitative estimate of drug-likeness (QED) is 0.364. The van der Waals surface area contributed by atoms with Gasteiger partial charge in [0.05, 0.1) is 6.26 Å². The van der Waals surface area contributed by atoms with E-state index >= 15 is 0 Å². The van der Waals surface area contributed by atoms with E-state index in [-0.39, 0.29) is 12.1 Å². The first-order valence-corrected chi connectivity index (χ1v) is 12.5. The first-order chi connectivity index (χ1) is 17.8. The highest BCUT2D eigenvalue weighted by molar-refractivity contribution is 5.75. The van der Waals surface area contributed by atoms with Crippen LogP contribution in [0.2, 0.25) is 0 Å². The molecule has 2 N–H and O–H groups in total. The van der Waals surface area contributed by atoms with Gasteiger partial charge < -0.3 is 20.0 Å². The number of furan rings is 1. The standard InChI is InChI=1S/C30H32N4O2/c35-30(32-29(28-16-9-21-36-28)24-10-3-1-4-11-24)31-22-25-12-7-8-13-26(25)23-33-17-19-34(20-18-33)27-14-5-2-6-15-27/h1-16,21,29H,17-20,22-23H2,(H2,31,32,35). The van der Waals surface area contributed by atoms with Gasteiger partial charge in [0.15, 0.2) is 0 Å². The molecule has 1 fully saturated rings. The topological polar surface area (TPSA) is 60.8 Å². The van der Waals surface area contributed by atoms with E-state index in [9.17, 15) is 4.79 Å². The molecule has 6 heteroatoms. The van der Waals surface area contributed by atoms with Gasteiger partial charge >= 0.3 is 6.03 Å². The Morgan fingerprint density at radius 1 is 0.778 bits per heavy atom. The third-order valence-electron chi connectivity index (χ3n) is 6.68. The van der Waals surface area contributed by atoms with Gasteiger partial charge in [-0.2, -0.15) is 0 Å². The molecule has 3 aromatic carbocycles. The van der Waals surface area contributed by atoms with Gasteiger partial charge in [0.2, 0.25) is 0 Å². The van der Waals surface area contributed by atoms with Crippen LogP contribution in [0.1, 0.15) is 28.5 Å². The second-order valence-electron chi connectivity index (χ2n) is 9.05. The normalized spacial score (nSPS) is 14.8. The summed E-state index contributed by atoms with van der Waals surface area (Å²) in [5, 5.41) is 6.12. The zero-order valence-electron chi connectivity index (χ0n) is 20.3. The van der Waals surface area contributed by atoms with Crippen molar-refractivity contribution >= 4 is 11.7 Å². The average molecular weight is 481 g/mol. The maximum absolute atomic E-state index is 12.9. The number of anilines is 1. The van der Waals surface area contributed by atoms with Gasteiger partial charge in [-0.15, -0.1) is 0 Å². The lowest BCUT2D eigenvalue weighted by Crippen LogP contribution is -2.46. The van der Waals surface area contributed by atoms with Gasteiger partial charge in [-0.25, -0.2) is 4.79 Å². The molecule has 184 valence electrons. The van der Waals surface area contributed by atoms with E-state index in [1.165, 1.54) is 11.3 Å². The van der Waals surface area contributed by atoms with Gasteiger partial charge in [0, 0.05) is 45.0 Å². The molecular weight excluding hydrogens is 448 g/mol. The Kier molecular flexibility index (Phi) is 7.64. The number of para-hydroxylation sites is 1. The number of amides is 2. The number of carbonyl (C=O) groups excluding carboxylic acids is 1. The van der Waals surface area contributed by atoms with E-state index in [0.717, 1.165) is 43.9 Å². The van der Waals surface area contributed by atoms with Gasteiger partial charge in [-0.1, -0.05) is 72.8 Å². The SMILES string of the molecule is O=C(NCc1ccccc1CN1CCN(c2ccccc2)CC1)NC(c1ccccc1)c1ccco1. The van der Waals surface area contributed by atoms with E-state index in [1.54, 1.807) is 6.26 Å². The number of nitrogens with zero attached hydrogens (tertiary/aromatic N) is 2. The molecule has 4 aromatic rings. The first kappa shape index (κ1) is 23.7. The number of urea groups is 1. The van der Waals surface area contributed by atoms with Crippen LogP contribution in [0.15, 0.2) is 108 Å². The highest BCUT2D eigenvalue weighted by Gasteiger charge is 2.20. The molecular formula is C30H32N4O2. The summed E-state index contributed by atoms with van der Waals surface area (Å²) in [7, 11) is 0. The number of piperazine rings is 1. The van der Waals surface area contributed by atoms with Crippen molar-refractivity contribution < 1.29 is 9.21 Å². The molecule has 1 atom stereocenters. The molecule has 2 amide bonds. The van der Waals surface area contributed by atoms with Crippen LogP contribution in [0.3, 0.4) is 0 Å². The fourth-order valence-electron chi connectivity index (χ4n) is 4.71. The van der Waals surface area contributed by atoms with Crippen LogP contribution in [0.25, 0.3) is 0 Å². The fourth-order valence-corrected chi connectivity index (χ4v) is 4.71. The minimum absolute atomic E-state index is 0.230. The largest absolute Gasteiger partial charge is 0.467 e. The van der Waals surface area contributed by atoms with Crippen LogP contribution in [-0.2, 0) is 13.1 Å². The number of benzene rings is 3. The lowest BCUT2D eigenvalue weighted by atomic mass is 10.0. The minimum atomic E-state index is -0.350. The molecule has 1 saturated heterocycles. The van der Waals surface area contributed by atoms with Gasteiger partial charge in [0.25, 0.3) is 0 Å². The Balaban J connectivity index is 1.17. The van der Waals surface area contributed by atoms with Crippen LogP contribution in [0.4, 0.5) is 10.5 Å². The minimum Gasteiger partial charge on any atom is -0.467 e. The molecule has 36 heavy (non-hydrogen) atoms. The van der Waals surface area contributed by atoms with Crippen LogP contribution >= 0.6 is 0 Å². The van der Waals surface area contributed by atoms with E-state index < -0.39 is 0 Å². The molecule has 0 aliphatic carbocycles. The molecule has 5 rings (SSSR count). The molecule has 0 saturated carbocycles. The third-order valence-corrected chi connectivity index (χ3v) is 6.68. The van der Waals surface area contributed by atoms with E-state index in [2.05, 4.69) is 69.0 Å². The Labute approximate surface area is 212 Å². The lowest BCUT2D eigenvalue weighted by Gasteiger charge is -2.36.